The molecule has 1 aromatic heterocycles. The Bertz CT molecular complexity index is 600. The van der Waals surface area contributed by atoms with Crippen molar-refractivity contribution in [3.63, 3.8) is 0 Å². The summed E-state index contributed by atoms with van der Waals surface area (Å²) < 4.78 is 31.6. The van der Waals surface area contributed by atoms with Crippen LogP contribution < -0.4 is 11.1 Å². The topological polar surface area (TPSA) is 68.3 Å². The third-order valence-corrected chi connectivity index (χ3v) is 2.56. The first-order valence-electron chi connectivity index (χ1n) is 5.66. The van der Waals surface area contributed by atoms with Gasteiger partial charge in [0.2, 0.25) is 0 Å². The van der Waals surface area contributed by atoms with Crippen LogP contribution in [0, 0.1) is 11.6 Å². The maximum atomic E-state index is 13.5. The van der Waals surface area contributed by atoms with E-state index in [-0.39, 0.29) is 17.1 Å². The highest BCUT2D eigenvalue weighted by Gasteiger charge is 2.16. The average Bonchev–Trinajstić information content (AvgIpc) is 2.82. The molecule has 0 bridgehead atoms. The van der Waals surface area contributed by atoms with Crippen LogP contribution in [-0.4, -0.2) is 5.91 Å². The van der Waals surface area contributed by atoms with Gasteiger partial charge in [-0.2, -0.15) is 0 Å². The van der Waals surface area contributed by atoms with Crippen molar-refractivity contribution in [2.75, 3.05) is 11.1 Å². The van der Waals surface area contributed by atoms with Gasteiger partial charge in [-0.05, 0) is 18.2 Å². The Kier molecular flexibility index (Phi) is 3.50. The number of carbonyl (C=O) groups excluding carboxylic acids is 1. The number of furan rings is 1. The molecule has 0 aliphatic rings. The van der Waals surface area contributed by atoms with Crippen LogP contribution in [0.15, 0.2) is 28.7 Å². The molecule has 1 amide bonds. The second-order valence-electron chi connectivity index (χ2n) is 3.93. The first-order valence-corrected chi connectivity index (χ1v) is 5.66. The molecule has 0 spiro atoms. The fourth-order valence-electron chi connectivity index (χ4n) is 1.59. The molecule has 3 N–H and O–H groups in total. The molecule has 0 atom stereocenters. The van der Waals surface area contributed by atoms with Crippen LogP contribution in [0.2, 0.25) is 0 Å². The fraction of sp³-hybridized carbons (Fsp3) is 0.154. The quantitative estimate of drug-likeness (QED) is 0.839. The maximum absolute atomic E-state index is 13.5. The molecule has 0 saturated heterocycles. The van der Waals surface area contributed by atoms with Gasteiger partial charge in [-0.3, -0.25) is 4.79 Å². The van der Waals surface area contributed by atoms with Crippen LogP contribution in [0.5, 0.6) is 0 Å². The Hall–Kier alpha value is -2.37. The first-order chi connectivity index (χ1) is 9.01. The number of amides is 1. The summed E-state index contributed by atoms with van der Waals surface area (Å²) >= 11 is 0. The number of carbonyl (C=O) groups is 1. The number of benzene rings is 1. The average molecular weight is 266 g/mol. The lowest BCUT2D eigenvalue weighted by atomic mass is 10.2. The minimum absolute atomic E-state index is 0.0416. The zero-order chi connectivity index (χ0) is 14.0. The highest BCUT2D eigenvalue weighted by atomic mass is 19.1. The van der Waals surface area contributed by atoms with Crippen molar-refractivity contribution in [1.82, 2.24) is 0 Å². The molecule has 0 radical (unpaired) electrons. The smallest absolute Gasteiger partial charge is 0.291 e. The van der Waals surface area contributed by atoms with Gasteiger partial charge in [0.15, 0.2) is 11.6 Å². The predicted octanol–water partition coefficient (Wildman–Crippen LogP) is 2.95. The molecule has 100 valence electrons. The van der Waals surface area contributed by atoms with Crippen molar-refractivity contribution in [2.45, 2.75) is 13.3 Å². The van der Waals surface area contributed by atoms with Crippen molar-refractivity contribution in [1.29, 1.82) is 0 Å². The van der Waals surface area contributed by atoms with E-state index in [1.54, 1.807) is 6.07 Å². The molecule has 0 unspecified atom stereocenters. The number of nitrogen functional groups attached to an aromatic ring is 1. The van der Waals surface area contributed by atoms with E-state index < -0.39 is 17.5 Å². The van der Waals surface area contributed by atoms with Gasteiger partial charge in [-0.25, -0.2) is 8.78 Å². The number of hydrogen-bond donors (Lipinski definition) is 2. The summed E-state index contributed by atoms with van der Waals surface area (Å²) in [5, 5.41) is 2.26. The zero-order valence-electron chi connectivity index (χ0n) is 10.2. The van der Waals surface area contributed by atoms with Crippen LogP contribution in [0.1, 0.15) is 23.2 Å². The van der Waals surface area contributed by atoms with Gasteiger partial charge in [0.25, 0.3) is 5.91 Å². The zero-order valence-corrected chi connectivity index (χ0v) is 10.2. The summed E-state index contributed by atoms with van der Waals surface area (Å²) in [6.07, 6.45) is 0.639. The van der Waals surface area contributed by atoms with Crippen LogP contribution in [-0.2, 0) is 6.42 Å². The van der Waals surface area contributed by atoms with Crippen LogP contribution >= 0.6 is 0 Å². The van der Waals surface area contributed by atoms with Crippen LogP contribution in [0.4, 0.5) is 20.2 Å². The van der Waals surface area contributed by atoms with Gasteiger partial charge in [0.1, 0.15) is 17.3 Å². The Morgan fingerprint density at radius 1 is 1.37 bits per heavy atom. The number of halogens is 2. The monoisotopic (exact) mass is 266 g/mol. The maximum Gasteiger partial charge on any atom is 0.291 e. The van der Waals surface area contributed by atoms with E-state index in [0.29, 0.717) is 18.2 Å². The number of nitrogens with two attached hydrogens (primary N) is 1. The van der Waals surface area contributed by atoms with Crippen molar-refractivity contribution >= 4 is 17.3 Å². The third-order valence-electron chi connectivity index (χ3n) is 2.56. The molecular formula is C13H12F2N2O2. The largest absolute Gasteiger partial charge is 0.456 e. The molecule has 0 saturated carbocycles. The molecular weight excluding hydrogens is 254 g/mol. The van der Waals surface area contributed by atoms with Crippen molar-refractivity contribution in [3.8, 4) is 0 Å². The minimum atomic E-state index is -0.937. The Labute approximate surface area is 108 Å². The normalized spacial score (nSPS) is 10.5. The molecule has 2 rings (SSSR count). The lowest BCUT2D eigenvalue weighted by Crippen LogP contribution is -2.14. The van der Waals surface area contributed by atoms with E-state index in [0.717, 1.165) is 6.07 Å². The van der Waals surface area contributed by atoms with Gasteiger partial charge in [-0.1, -0.05) is 6.92 Å². The predicted molar refractivity (Wildman–Crippen MR) is 66.8 cm³/mol. The molecule has 6 heteroatoms. The lowest BCUT2D eigenvalue weighted by Gasteiger charge is -2.08. The highest BCUT2D eigenvalue weighted by molar-refractivity contribution is 6.04. The summed E-state index contributed by atoms with van der Waals surface area (Å²) in [6, 6.07) is 4.70. The van der Waals surface area contributed by atoms with Gasteiger partial charge in [-0.15, -0.1) is 0 Å². The number of aryl methyl sites for hydroxylation is 1. The third kappa shape index (κ3) is 2.73. The molecule has 0 aliphatic heterocycles. The number of nitrogens with one attached hydrogen (secondary N) is 1. The summed E-state index contributed by atoms with van der Waals surface area (Å²) in [6.45, 7) is 1.87. The Morgan fingerprint density at radius 2 is 2.11 bits per heavy atom. The number of rotatable bonds is 3. The summed E-state index contributed by atoms with van der Waals surface area (Å²) in [5.41, 5.74) is 5.00. The van der Waals surface area contributed by atoms with E-state index >= 15 is 0 Å². The summed E-state index contributed by atoms with van der Waals surface area (Å²) in [7, 11) is 0. The first kappa shape index (κ1) is 13.1. The number of anilines is 2. The lowest BCUT2D eigenvalue weighted by molar-refractivity contribution is 0.0994. The van der Waals surface area contributed by atoms with E-state index in [9.17, 15) is 13.6 Å². The Morgan fingerprint density at radius 3 is 2.68 bits per heavy atom. The molecule has 1 aromatic carbocycles. The highest BCUT2D eigenvalue weighted by Crippen LogP contribution is 2.24. The number of hydrogen-bond acceptors (Lipinski definition) is 3. The van der Waals surface area contributed by atoms with Gasteiger partial charge in [0, 0.05) is 12.5 Å². The van der Waals surface area contributed by atoms with E-state index in [2.05, 4.69) is 5.32 Å². The van der Waals surface area contributed by atoms with Gasteiger partial charge in [0.05, 0.1) is 5.69 Å². The molecule has 0 fully saturated rings. The SMILES string of the molecule is CCc1ccc(C(=O)Nc2c(N)cc(F)cc2F)o1. The summed E-state index contributed by atoms with van der Waals surface area (Å²) in [4.78, 5) is 11.8. The molecule has 1 heterocycles. The second-order valence-corrected chi connectivity index (χ2v) is 3.93. The van der Waals surface area contributed by atoms with Crippen LogP contribution in [0.25, 0.3) is 0 Å². The van der Waals surface area contributed by atoms with Crippen molar-refractivity contribution in [2.24, 2.45) is 0 Å². The van der Waals surface area contributed by atoms with E-state index in [4.69, 9.17) is 10.2 Å². The van der Waals surface area contributed by atoms with Crippen molar-refractivity contribution in [3.05, 3.63) is 47.4 Å². The minimum Gasteiger partial charge on any atom is -0.456 e. The van der Waals surface area contributed by atoms with E-state index in [1.807, 2.05) is 6.92 Å². The summed E-state index contributed by atoms with van der Waals surface area (Å²) in [5.74, 6) is -1.71. The molecule has 19 heavy (non-hydrogen) atoms. The fourth-order valence-corrected chi connectivity index (χ4v) is 1.59. The molecule has 0 aliphatic carbocycles. The molecule has 2 aromatic rings. The Balaban J connectivity index is 2.24. The van der Waals surface area contributed by atoms with E-state index in [1.165, 1.54) is 6.07 Å². The van der Waals surface area contributed by atoms with Gasteiger partial charge < -0.3 is 15.5 Å². The standard InChI is InChI=1S/C13H12F2N2O2/c1-2-8-3-4-11(19-8)13(18)17-12-9(15)5-7(14)6-10(12)16/h3-6H,2,16H2,1H3,(H,17,18). The molecule has 4 nitrogen and oxygen atoms in total. The second kappa shape index (κ2) is 5.09. The van der Waals surface area contributed by atoms with Crippen molar-refractivity contribution < 1.29 is 18.0 Å². The van der Waals surface area contributed by atoms with Crippen LogP contribution in [0.3, 0.4) is 0 Å². The van der Waals surface area contributed by atoms with Gasteiger partial charge >= 0.3 is 0 Å².